The average Bonchev–Trinajstić information content (AvgIpc) is 3.17. The predicted molar refractivity (Wildman–Crippen MR) is 120 cm³/mol. The van der Waals surface area contributed by atoms with E-state index in [0.717, 1.165) is 16.0 Å². The molecule has 0 bridgehead atoms. The number of hydrogen-bond donors (Lipinski definition) is 1. The van der Waals surface area contributed by atoms with Gasteiger partial charge < -0.3 is 4.74 Å². The Bertz CT molecular complexity index is 1170. The van der Waals surface area contributed by atoms with Crippen LogP contribution in [0.5, 0.6) is 5.75 Å². The SMILES string of the molecule is CCOCOc1ccc2nc(NC(=O)c3ccc([I-]c4ccc(C)cc4)cc3)sc2c1. The first kappa shape index (κ1) is 21.7. The van der Waals surface area contributed by atoms with Gasteiger partial charge in [0.25, 0.3) is 0 Å². The van der Waals surface area contributed by atoms with Crippen LogP contribution in [0.25, 0.3) is 10.2 Å². The molecule has 1 heterocycles. The number of carbonyl (C=O) groups is 1. The molecule has 160 valence electrons. The van der Waals surface area contributed by atoms with Crippen molar-refractivity contribution in [2.75, 3.05) is 18.7 Å². The molecule has 0 atom stereocenters. The van der Waals surface area contributed by atoms with Gasteiger partial charge >= 0.3 is 171 Å². The fraction of sp³-hybridized carbons (Fsp3) is 0.167. The first-order chi connectivity index (χ1) is 15.1. The zero-order valence-electron chi connectivity index (χ0n) is 17.2. The van der Waals surface area contributed by atoms with Crippen molar-refractivity contribution in [3.8, 4) is 5.75 Å². The number of fused-ring (bicyclic) bond motifs is 1. The number of thiazole rings is 1. The molecule has 7 heteroatoms. The van der Waals surface area contributed by atoms with Gasteiger partial charge in [-0.2, -0.15) is 0 Å². The van der Waals surface area contributed by atoms with Crippen LogP contribution in [0.1, 0.15) is 22.8 Å². The molecule has 4 rings (SSSR count). The number of rotatable bonds is 8. The molecule has 0 radical (unpaired) electrons. The van der Waals surface area contributed by atoms with Crippen LogP contribution in [0.4, 0.5) is 5.13 Å². The van der Waals surface area contributed by atoms with Gasteiger partial charge in [-0.05, 0) is 6.92 Å². The molecule has 0 fully saturated rings. The first-order valence-electron chi connectivity index (χ1n) is 9.85. The van der Waals surface area contributed by atoms with Crippen molar-refractivity contribution in [3.63, 3.8) is 0 Å². The molecule has 4 aromatic rings. The third kappa shape index (κ3) is 5.81. The predicted octanol–water partition coefficient (Wildman–Crippen LogP) is 2.36. The van der Waals surface area contributed by atoms with Gasteiger partial charge in [-0.3, -0.25) is 0 Å². The number of nitrogens with zero attached hydrogens (tertiary/aromatic N) is 1. The summed E-state index contributed by atoms with van der Waals surface area (Å²) >= 11 is 1.17. The summed E-state index contributed by atoms with van der Waals surface area (Å²) in [5.41, 5.74) is 2.71. The van der Waals surface area contributed by atoms with Crippen LogP contribution < -0.4 is 31.3 Å². The summed E-state index contributed by atoms with van der Waals surface area (Å²) in [7, 11) is 0. The second kappa shape index (κ2) is 10.2. The minimum atomic E-state index is -0.252. The third-order valence-corrected chi connectivity index (χ3v) is 8.05. The molecular formula is C24H22IN2O3S-. The topological polar surface area (TPSA) is 60.5 Å². The molecule has 3 aromatic carbocycles. The maximum atomic E-state index is 12.7. The van der Waals surface area contributed by atoms with Gasteiger partial charge in [-0.15, -0.1) is 0 Å². The summed E-state index contributed by atoms with van der Waals surface area (Å²) in [6, 6.07) is 22.1. The van der Waals surface area contributed by atoms with E-state index >= 15 is 0 Å². The van der Waals surface area contributed by atoms with Gasteiger partial charge in [-0.1, -0.05) is 0 Å². The van der Waals surface area contributed by atoms with Crippen molar-refractivity contribution in [1.82, 2.24) is 4.98 Å². The Morgan fingerprint density at radius 2 is 1.74 bits per heavy atom. The molecule has 1 amide bonds. The molecule has 31 heavy (non-hydrogen) atoms. The standard InChI is InChI=1S/C24H22IN2O3S/c1-3-29-15-30-20-12-13-21-22(14-20)31-24(26-21)27-23(28)17-6-10-19(11-7-17)25-18-8-4-16(2)5-9-18/h4-14H,3,15H2,1-2H3,(H,26,27,28)/q-1. The molecule has 0 spiro atoms. The van der Waals surface area contributed by atoms with E-state index in [2.05, 4.69) is 41.5 Å². The zero-order chi connectivity index (χ0) is 21.6. The Morgan fingerprint density at radius 1 is 1.03 bits per heavy atom. The summed E-state index contributed by atoms with van der Waals surface area (Å²) in [5, 5.41) is 3.47. The van der Waals surface area contributed by atoms with Gasteiger partial charge in [-0.25, -0.2) is 0 Å². The number of aromatic nitrogens is 1. The molecule has 0 aliphatic carbocycles. The second-order valence-electron chi connectivity index (χ2n) is 6.75. The van der Waals surface area contributed by atoms with Crippen LogP contribution in [-0.4, -0.2) is 24.3 Å². The van der Waals surface area contributed by atoms with Crippen LogP contribution in [0.2, 0.25) is 0 Å². The fourth-order valence-corrected chi connectivity index (χ4v) is 5.84. The quantitative estimate of drug-likeness (QED) is 0.210. The van der Waals surface area contributed by atoms with E-state index in [-0.39, 0.29) is 33.9 Å². The van der Waals surface area contributed by atoms with E-state index in [9.17, 15) is 4.79 Å². The van der Waals surface area contributed by atoms with Crippen molar-refractivity contribution in [2.24, 2.45) is 0 Å². The summed E-state index contributed by atoms with van der Waals surface area (Å²) in [5.74, 6) is 0.557. The van der Waals surface area contributed by atoms with E-state index < -0.39 is 0 Å². The van der Waals surface area contributed by atoms with E-state index in [1.807, 2.05) is 49.4 Å². The number of aryl methyl sites for hydroxylation is 1. The van der Waals surface area contributed by atoms with E-state index in [1.165, 1.54) is 24.0 Å². The van der Waals surface area contributed by atoms with Crippen molar-refractivity contribution in [2.45, 2.75) is 13.8 Å². The number of anilines is 1. The molecular weight excluding hydrogens is 523 g/mol. The maximum absolute atomic E-state index is 12.7. The summed E-state index contributed by atoms with van der Waals surface area (Å²) in [6.45, 7) is 4.83. The normalized spacial score (nSPS) is 11.0. The first-order valence-corrected chi connectivity index (χ1v) is 12.8. The number of benzene rings is 3. The Morgan fingerprint density at radius 3 is 2.45 bits per heavy atom. The second-order valence-corrected chi connectivity index (χ2v) is 10.8. The number of nitrogens with one attached hydrogen (secondary N) is 1. The van der Waals surface area contributed by atoms with Crippen molar-refractivity contribution >= 4 is 32.6 Å². The molecule has 0 unspecified atom stereocenters. The molecule has 0 aliphatic heterocycles. The Kier molecular flexibility index (Phi) is 7.16. The summed E-state index contributed by atoms with van der Waals surface area (Å²) in [4.78, 5) is 17.2. The molecule has 0 saturated carbocycles. The van der Waals surface area contributed by atoms with E-state index in [4.69, 9.17) is 9.47 Å². The van der Waals surface area contributed by atoms with E-state index in [1.54, 1.807) is 0 Å². The molecule has 1 aromatic heterocycles. The number of carbonyl (C=O) groups excluding carboxylic acids is 1. The van der Waals surface area contributed by atoms with Gasteiger partial charge in [0.05, 0.1) is 0 Å². The van der Waals surface area contributed by atoms with Crippen LogP contribution in [0.15, 0.2) is 66.7 Å². The Balaban J connectivity index is 1.40. The van der Waals surface area contributed by atoms with Crippen LogP contribution >= 0.6 is 11.3 Å². The Labute approximate surface area is 195 Å². The number of hydrogen-bond acceptors (Lipinski definition) is 5. The molecule has 0 saturated heterocycles. The van der Waals surface area contributed by atoms with Crippen molar-refractivity contribution in [1.29, 1.82) is 0 Å². The van der Waals surface area contributed by atoms with Crippen LogP contribution in [-0.2, 0) is 4.74 Å². The number of halogens is 1. The number of amides is 1. The fourth-order valence-electron chi connectivity index (χ4n) is 2.80. The number of ether oxygens (including phenoxy) is 2. The van der Waals surface area contributed by atoms with Crippen molar-refractivity contribution < 1.29 is 35.5 Å². The monoisotopic (exact) mass is 545 g/mol. The van der Waals surface area contributed by atoms with E-state index in [0.29, 0.717) is 17.3 Å². The van der Waals surface area contributed by atoms with Crippen LogP contribution in [0, 0.1) is 14.1 Å². The van der Waals surface area contributed by atoms with Gasteiger partial charge in [0.1, 0.15) is 0 Å². The average molecular weight is 545 g/mol. The van der Waals surface area contributed by atoms with Crippen LogP contribution in [0.3, 0.4) is 0 Å². The molecule has 0 aliphatic rings. The van der Waals surface area contributed by atoms with Gasteiger partial charge in [0, 0.05) is 6.61 Å². The van der Waals surface area contributed by atoms with Crippen molar-refractivity contribution in [3.05, 3.63) is 85.0 Å². The molecule has 1 N–H and O–H groups in total. The van der Waals surface area contributed by atoms with Gasteiger partial charge in [0.15, 0.2) is 6.79 Å². The minimum absolute atomic E-state index is 0.160. The third-order valence-electron chi connectivity index (χ3n) is 4.43. The summed E-state index contributed by atoms with van der Waals surface area (Å²) in [6.07, 6.45) is 0. The molecule has 5 nitrogen and oxygen atoms in total. The summed E-state index contributed by atoms with van der Waals surface area (Å²) < 4.78 is 14.3. The zero-order valence-corrected chi connectivity index (χ0v) is 20.2. The van der Waals surface area contributed by atoms with Gasteiger partial charge in [0.2, 0.25) is 0 Å². The Hall–Kier alpha value is -2.49.